The monoisotopic (exact) mass is 742 g/mol. The number of carbonyl (C=O) groups is 2. The molecule has 0 bridgehead atoms. The highest BCUT2D eigenvalue weighted by Crippen LogP contribution is 2.62. The molecule has 4 aliphatic rings. The molecule has 238 valence electrons. The molecule has 0 spiro atoms. The molecule has 44 heavy (non-hydrogen) atoms. The summed E-state index contributed by atoms with van der Waals surface area (Å²) in [7, 11) is 0. The summed E-state index contributed by atoms with van der Waals surface area (Å²) in [5, 5.41) is 0. The molecule has 12 heteroatoms. The molecule has 4 heterocycles. The second-order valence-electron chi connectivity index (χ2n) is 10.3. The summed E-state index contributed by atoms with van der Waals surface area (Å²) in [6.07, 6.45) is 9.36. The van der Waals surface area contributed by atoms with Gasteiger partial charge in [-0.15, -0.1) is 47.0 Å². The molecule has 4 nitrogen and oxygen atoms in total. The van der Waals surface area contributed by atoms with Gasteiger partial charge >= 0.3 is 11.9 Å². The Hall–Kier alpha value is -0.0800. The highest BCUT2D eigenvalue weighted by atomic mass is 32.3. The van der Waals surface area contributed by atoms with Gasteiger partial charge in [0.15, 0.2) is 11.5 Å². The third-order valence-corrected chi connectivity index (χ3v) is 18.2. The minimum absolute atomic E-state index is 0.362. The first-order valence-electron chi connectivity index (χ1n) is 15.3. The highest BCUT2D eigenvalue weighted by Gasteiger charge is 2.40. The van der Waals surface area contributed by atoms with Crippen LogP contribution in [-0.2, 0) is 9.47 Å². The molecule has 1 aromatic carbocycles. The zero-order chi connectivity index (χ0) is 31.1. The normalized spacial score (nSPS) is 17.8. The number of ether oxygens (including phenoxy) is 2. The van der Waals surface area contributed by atoms with Crippen LogP contribution >= 0.6 is 94.1 Å². The molecule has 0 amide bonds. The van der Waals surface area contributed by atoms with E-state index >= 15 is 0 Å². The fourth-order valence-electron chi connectivity index (χ4n) is 4.34. The maximum atomic E-state index is 13.3. The predicted octanol–water partition coefficient (Wildman–Crippen LogP) is 12.6. The number of carbonyl (C=O) groups excluding carboxylic acids is 2. The lowest BCUT2D eigenvalue weighted by molar-refractivity contribution is 0.0707. The second-order valence-corrected chi connectivity index (χ2v) is 20.4. The number of benzene rings is 1. The number of esters is 2. The fraction of sp³-hybridized carbons (Fsp3) is 0.500. The Kier molecular flexibility index (Phi) is 13.9. The van der Waals surface area contributed by atoms with E-state index in [1.54, 1.807) is 47.0 Å². The number of hydrogen-bond donors (Lipinski definition) is 0. The summed E-state index contributed by atoms with van der Waals surface area (Å²) < 4.78 is 19.0. The van der Waals surface area contributed by atoms with E-state index in [2.05, 4.69) is 27.7 Å². The minimum atomic E-state index is -0.362. The van der Waals surface area contributed by atoms with Gasteiger partial charge in [0.25, 0.3) is 0 Å². The summed E-state index contributed by atoms with van der Waals surface area (Å²) in [5.74, 6) is 4.74. The lowest BCUT2D eigenvalue weighted by Gasteiger charge is -2.05. The van der Waals surface area contributed by atoms with Gasteiger partial charge in [-0.05, 0) is 60.8 Å². The average molecular weight is 743 g/mol. The van der Waals surface area contributed by atoms with Crippen molar-refractivity contribution in [2.75, 3.05) is 23.0 Å². The Balaban J connectivity index is 1.42. The number of cyclic esters (lactones) is 2. The molecule has 0 N–H and O–H groups in total. The molecule has 0 aromatic heterocycles. The Morgan fingerprint density at radius 2 is 0.795 bits per heavy atom. The molecule has 4 aliphatic heterocycles. The van der Waals surface area contributed by atoms with Gasteiger partial charge in [-0.2, -0.15) is 0 Å². The SMILES string of the molecule is CCCCSC1=C(SCCCC)SC(=C2OC(=O)c3cc4c(cc32)C(=O)OC4=C2SC(SCCCC)=C(SCCCC)S2)S1. The van der Waals surface area contributed by atoms with Crippen LogP contribution in [0.15, 0.2) is 37.6 Å². The quantitative estimate of drug-likeness (QED) is 0.120. The van der Waals surface area contributed by atoms with Gasteiger partial charge in [-0.25, -0.2) is 9.59 Å². The molecule has 0 unspecified atom stereocenters. The molecule has 0 saturated carbocycles. The van der Waals surface area contributed by atoms with E-state index in [9.17, 15) is 9.59 Å². The zero-order valence-electron chi connectivity index (χ0n) is 25.5. The summed E-state index contributed by atoms with van der Waals surface area (Å²) in [5.41, 5.74) is 2.40. The smallest absolute Gasteiger partial charge is 0.344 e. The van der Waals surface area contributed by atoms with E-state index in [-0.39, 0.29) is 11.9 Å². The number of unbranched alkanes of at least 4 members (excludes halogenated alkanes) is 4. The first kappa shape index (κ1) is 35.2. The van der Waals surface area contributed by atoms with Crippen molar-refractivity contribution in [3.63, 3.8) is 0 Å². The number of rotatable bonds is 16. The summed E-state index contributed by atoms with van der Waals surface area (Å²) >= 11 is 14.4. The van der Waals surface area contributed by atoms with Crippen molar-refractivity contribution in [1.29, 1.82) is 0 Å². The minimum Gasteiger partial charge on any atom is -0.420 e. The van der Waals surface area contributed by atoms with Crippen LogP contribution in [-0.4, -0.2) is 35.0 Å². The van der Waals surface area contributed by atoms with Crippen molar-refractivity contribution in [1.82, 2.24) is 0 Å². The van der Waals surface area contributed by atoms with Gasteiger partial charge in [-0.3, -0.25) is 0 Å². The van der Waals surface area contributed by atoms with E-state index in [0.29, 0.717) is 33.8 Å². The van der Waals surface area contributed by atoms with E-state index in [4.69, 9.17) is 9.47 Å². The molecule has 0 aliphatic carbocycles. The Bertz CT molecular complexity index is 1260. The predicted molar refractivity (Wildman–Crippen MR) is 205 cm³/mol. The van der Waals surface area contributed by atoms with Gasteiger partial charge in [0.1, 0.15) is 0 Å². The summed E-state index contributed by atoms with van der Waals surface area (Å²) in [6.45, 7) is 8.86. The zero-order valence-corrected chi connectivity index (χ0v) is 32.1. The van der Waals surface area contributed by atoms with Crippen LogP contribution in [0, 0.1) is 0 Å². The summed E-state index contributed by atoms with van der Waals surface area (Å²) in [4.78, 5) is 26.5. The number of fused-ring (bicyclic) bond motifs is 2. The highest BCUT2D eigenvalue weighted by molar-refractivity contribution is 8.41. The van der Waals surface area contributed by atoms with Crippen LogP contribution < -0.4 is 0 Å². The Morgan fingerprint density at radius 3 is 1.07 bits per heavy atom. The van der Waals surface area contributed by atoms with E-state index < -0.39 is 0 Å². The molecule has 5 rings (SSSR count). The lowest BCUT2D eigenvalue weighted by Crippen LogP contribution is -1.97. The molecule has 0 atom stereocenters. The third kappa shape index (κ3) is 8.31. The molecule has 0 saturated heterocycles. The van der Waals surface area contributed by atoms with Crippen LogP contribution in [0.5, 0.6) is 0 Å². The first-order valence-corrected chi connectivity index (χ1v) is 22.5. The van der Waals surface area contributed by atoms with Crippen molar-refractivity contribution < 1.29 is 19.1 Å². The van der Waals surface area contributed by atoms with Gasteiger partial charge in [0.2, 0.25) is 0 Å². The standard InChI is InChI=1S/C32H38O4S8/c1-5-9-13-37-29-30(38-14-10-6-2)42-27(41-29)23-19-17-22-20(18-21(19)25(33)35-23)24(36-26(22)34)28-43-31(39-15-11-7-3)32(44-28)40-16-12-8-4/h17-18H,5-16H2,1-4H3. The van der Waals surface area contributed by atoms with E-state index in [1.165, 1.54) is 68.3 Å². The van der Waals surface area contributed by atoms with E-state index in [0.717, 1.165) is 31.5 Å². The number of thioether (sulfide) groups is 8. The Labute approximate surface area is 296 Å². The maximum Gasteiger partial charge on any atom is 0.344 e. The van der Waals surface area contributed by atoms with Crippen molar-refractivity contribution in [2.24, 2.45) is 0 Å². The topological polar surface area (TPSA) is 52.6 Å². The van der Waals surface area contributed by atoms with E-state index in [1.807, 2.05) is 59.2 Å². The van der Waals surface area contributed by atoms with Crippen molar-refractivity contribution in [2.45, 2.75) is 79.1 Å². The van der Waals surface area contributed by atoms with Crippen LogP contribution in [0.25, 0.3) is 11.5 Å². The van der Waals surface area contributed by atoms with Gasteiger partial charge in [-0.1, -0.05) is 100 Å². The number of hydrogen-bond acceptors (Lipinski definition) is 12. The summed E-state index contributed by atoms with van der Waals surface area (Å²) in [6, 6.07) is 3.65. The van der Waals surface area contributed by atoms with Crippen LogP contribution in [0.3, 0.4) is 0 Å². The molecule has 0 radical (unpaired) electrons. The lowest BCUT2D eigenvalue weighted by atomic mass is 9.99. The first-order chi connectivity index (χ1) is 21.5. The Morgan fingerprint density at radius 1 is 0.500 bits per heavy atom. The maximum absolute atomic E-state index is 13.3. The van der Waals surface area contributed by atoms with Crippen molar-refractivity contribution >= 4 is 118 Å². The molecule has 1 aromatic rings. The van der Waals surface area contributed by atoms with Crippen molar-refractivity contribution in [3.8, 4) is 0 Å². The van der Waals surface area contributed by atoms with Gasteiger partial charge < -0.3 is 9.47 Å². The van der Waals surface area contributed by atoms with Gasteiger partial charge in [0.05, 0.1) is 36.5 Å². The van der Waals surface area contributed by atoms with Crippen LogP contribution in [0.1, 0.15) is 111 Å². The van der Waals surface area contributed by atoms with Crippen molar-refractivity contribution in [3.05, 3.63) is 59.8 Å². The van der Waals surface area contributed by atoms with Crippen LogP contribution in [0.4, 0.5) is 0 Å². The fourth-order valence-corrected chi connectivity index (χ4v) is 16.6. The molecular formula is C32H38O4S8. The van der Waals surface area contributed by atoms with Gasteiger partial charge in [0, 0.05) is 11.1 Å². The average Bonchev–Trinajstić information content (AvgIpc) is 3.77. The second kappa shape index (κ2) is 17.4. The largest absolute Gasteiger partial charge is 0.420 e. The third-order valence-electron chi connectivity index (χ3n) is 6.85. The molecular weight excluding hydrogens is 705 g/mol. The molecule has 0 fully saturated rings. The van der Waals surface area contributed by atoms with Crippen LogP contribution in [0.2, 0.25) is 0 Å².